The third-order valence-electron chi connectivity index (χ3n) is 2.79. The maximum absolute atomic E-state index is 11.0. The predicted molar refractivity (Wildman–Crippen MR) is 61.4 cm³/mol. The van der Waals surface area contributed by atoms with Crippen molar-refractivity contribution in [1.29, 1.82) is 0 Å². The van der Waals surface area contributed by atoms with Crippen LogP contribution in [-0.4, -0.2) is 17.9 Å². The highest BCUT2D eigenvalue weighted by Gasteiger charge is 2.17. The highest BCUT2D eigenvalue weighted by Crippen LogP contribution is 2.38. The van der Waals surface area contributed by atoms with Gasteiger partial charge >= 0.3 is 5.97 Å². The van der Waals surface area contributed by atoms with Crippen LogP contribution in [0.2, 0.25) is 0 Å². The summed E-state index contributed by atoms with van der Waals surface area (Å²) in [5.41, 5.74) is 6.17. The highest BCUT2D eigenvalue weighted by molar-refractivity contribution is 6.05. The van der Waals surface area contributed by atoms with Crippen LogP contribution in [0.15, 0.2) is 24.3 Å². The number of benzene rings is 2. The number of nitrogens with two attached hydrogens (primary N) is 1. The molecule has 1 aliphatic heterocycles. The summed E-state index contributed by atoms with van der Waals surface area (Å²) in [6.07, 6.45) is 0. The first kappa shape index (κ1) is 9.77. The number of carboxylic acids is 1. The second-order valence-electron chi connectivity index (χ2n) is 3.76. The van der Waals surface area contributed by atoms with E-state index in [1.165, 1.54) is 6.07 Å². The maximum atomic E-state index is 11.0. The highest BCUT2D eigenvalue weighted by atomic mass is 16.7. The molecule has 0 saturated heterocycles. The molecule has 0 atom stereocenters. The van der Waals surface area contributed by atoms with Crippen molar-refractivity contribution in [3.05, 3.63) is 29.8 Å². The van der Waals surface area contributed by atoms with E-state index in [9.17, 15) is 4.79 Å². The lowest BCUT2D eigenvalue weighted by Crippen LogP contribution is -2.02. The minimum atomic E-state index is -1.04. The molecule has 0 saturated carbocycles. The Morgan fingerprint density at radius 1 is 1.24 bits per heavy atom. The fourth-order valence-corrected chi connectivity index (χ4v) is 1.92. The van der Waals surface area contributed by atoms with Gasteiger partial charge < -0.3 is 20.3 Å². The van der Waals surface area contributed by atoms with Crippen molar-refractivity contribution in [2.75, 3.05) is 12.5 Å². The SMILES string of the molecule is Nc1c(C(=O)O)ccc2cc3c(cc12)OCO3. The molecule has 86 valence electrons. The van der Waals surface area contributed by atoms with E-state index < -0.39 is 5.97 Å². The number of carboxylic acid groups (broad SMARTS) is 1. The number of hydrogen-bond donors (Lipinski definition) is 2. The topological polar surface area (TPSA) is 81.8 Å². The Balaban J connectivity index is 2.32. The summed E-state index contributed by atoms with van der Waals surface area (Å²) >= 11 is 0. The van der Waals surface area contributed by atoms with Crippen molar-refractivity contribution >= 4 is 22.4 Å². The molecule has 1 aliphatic rings. The molecule has 5 nitrogen and oxygen atoms in total. The molecule has 2 aromatic carbocycles. The third-order valence-corrected chi connectivity index (χ3v) is 2.79. The number of ether oxygens (including phenoxy) is 2. The van der Waals surface area contributed by atoms with E-state index in [1.54, 1.807) is 18.2 Å². The lowest BCUT2D eigenvalue weighted by atomic mass is 10.0. The van der Waals surface area contributed by atoms with Crippen LogP contribution in [0.3, 0.4) is 0 Å². The molecule has 0 radical (unpaired) electrons. The fourth-order valence-electron chi connectivity index (χ4n) is 1.92. The molecular formula is C12H9NO4. The molecule has 0 aliphatic carbocycles. The van der Waals surface area contributed by atoms with E-state index in [2.05, 4.69) is 0 Å². The lowest BCUT2D eigenvalue weighted by Gasteiger charge is -2.06. The summed E-state index contributed by atoms with van der Waals surface area (Å²) in [6, 6.07) is 6.69. The van der Waals surface area contributed by atoms with Crippen LogP contribution in [0, 0.1) is 0 Å². The number of fused-ring (bicyclic) bond motifs is 2. The van der Waals surface area contributed by atoms with Gasteiger partial charge in [0.2, 0.25) is 6.79 Å². The molecule has 0 bridgehead atoms. The minimum Gasteiger partial charge on any atom is -0.478 e. The van der Waals surface area contributed by atoms with Gasteiger partial charge in [-0.15, -0.1) is 0 Å². The quantitative estimate of drug-likeness (QED) is 0.732. The van der Waals surface area contributed by atoms with Gasteiger partial charge in [0.25, 0.3) is 0 Å². The van der Waals surface area contributed by atoms with Gasteiger partial charge in [-0.2, -0.15) is 0 Å². The van der Waals surface area contributed by atoms with Crippen LogP contribution in [-0.2, 0) is 0 Å². The van der Waals surface area contributed by atoms with E-state index in [4.69, 9.17) is 20.3 Å². The molecule has 1 heterocycles. The Morgan fingerprint density at radius 2 is 1.94 bits per heavy atom. The molecule has 0 unspecified atom stereocenters. The van der Waals surface area contributed by atoms with Crippen molar-refractivity contribution in [2.24, 2.45) is 0 Å². The molecule has 0 spiro atoms. The Labute approximate surface area is 96.4 Å². The predicted octanol–water partition coefficient (Wildman–Crippen LogP) is 1.85. The van der Waals surface area contributed by atoms with E-state index in [-0.39, 0.29) is 18.0 Å². The normalized spacial score (nSPS) is 12.9. The average Bonchev–Trinajstić information content (AvgIpc) is 2.73. The second kappa shape index (κ2) is 3.28. The number of anilines is 1. The van der Waals surface area contributed by atoms with E-state index in [0.29, 0.717) is 16.9 Å². The first-order valence-corrected chi connectivity index (χ1v) is 5.02. The zero-order valence-electron chi connectivity index (χ0n) is 8.77. The second-order valence-corrected chi connectivity index (χ2v) is 3.76. The number of hydrogen-bond acceptors (Lipinski definition) is 4. The van der Waals surface area contributed by atoms with Crippen LogP contribution in [0.1, 0.15) is 10.4 Å². The number of carbonyl (C=O) groups is 1. The molecule has 3 N–H and O–H groups in total. The molecule has 3 rings (SSSR count). The molecule has 0 aromatic heterocycles. The van der Waals surface area contributed by atoms with Crippen LogP contribution in [0.4, 0.5) is 5.69 Å². The van der Waals surface area contributed by atoms with Gasteiger partial charge in [-0.3, -0.25) is 0 Å². The monoisotopic (exact) mass is 231 g/mol. The van der Waals surface area contributed by atoms with Crippen LogP contribution in [0.25, 0.3) is 10.8 Å². The van der Waals surface area contributed by atoms with E-state index in [0.717, 1.165) is 5.39 Å². The molecule has 0 fully saturated rings. The van der Waals surface area contributed by atoms with Gasteiger partial charge in [0.1, 0.15) is 0 Å². The smallest absolute Gasteiger partial charge is 0.337 e. The maximum Gasteiger partial charge on any atom is 0.337 e. The zero-order chi connectivity index (χ0) is 12.0. The summed E-state index contributed by atoms with van der Waals surface area (Å²) in [4.78, 5) is 11.0. The molecule has 0 amide bonds. The Hall–Kier alpha value is -2.43. The van der Waals surface area contributed by atoms with Crippen molar-refractivity contribution in [1.82, 2.24) is 0 Å². The largest absolute Gasteiger partial charge is 0.478 e. The van der Waals surface area contributed by atoms with Gasteiger partial charge in [-0.05, 0) is 23.6 Å². The van der Waals surface area contributed by atoms with Gasteiger partial charge in [0.05, 0.1) is 11.3 Å². The summed E-state index contributed by atoms with van der Waals surface area (Å²) in [6.45, 7) is 0.178. The average molecular weight is 231 g/mol. The standard InChI is InChI=1S/C12H9NO4/c13-11-7(12(14)15)2-1-6-3-9-10(4-8(6)11)17-5-16-9/h1-4H,5,13H2,(H,14,15). The van der Waals surface area contributed by atoms with Crippen molar-refractivity contribution in [3.8, 4) is 11.5 Å². The zero-order valence-corrected chi connectivity index (χ0v) is 8.77. The summed E-state index contributed by atoms with van der Waals surface area (Å²) < 4.78 is 10.5. The summed E-state index contributed by atoms with van der Waals surface area (Å²) in [5.74, 6) is 0.203. The van der Waals surface area contributed by atoms with Gasteiger partial charge in [0.15, 0.2) is 11.5 Å². The Bertz CT molecular complexity index is 636. The molecule has 2 aromatic rings. The van der Waals surface area contributed by atoms with Crippen LogP contribution < -0.4 is 15.2 Å². The summed E-state index contributed by atoms with van der Waals surface area (Å²) in [7, 11) is 0. The first-order chi connectivity index (χ1) is 8.16. The fraction of sp³-hybridized carbons (Fsp3) is 0.0833. The van der Waals surface area contributed by atoms with Crippen molar-refractivity contribution < 1.29 is 19.4 Å². The Kier molecular flexibility index (Phi) is 1.89. The van der Waals surface area contributed by atoms with Crippen LogP contribution >= 0.6 is 0 Å². The first-order valence-electron chi connectivity index (χ1n) is 5.02. The molecule has 5 heteroatoms. The molecular weight excluding hydrogens is 222 g/mol. The number of nitrogen functional groups attached to an aromatic ring is 1. The van der Waals surface area contributed by atoms with Crippen molar-refractivity contribution in [2.45, 2.75) is 0 Å². The lowest BCUT2D eigenvalue weighted by molar-refractivity contribution is 0.0698. The minimum absolute atomic E-state index is 0.0939. The van der Waals surface area contributed by atoms with E-state index >= 15 is 0 Å². The van der Waals surface area contributed by atoms with Crippen molar-refractivity contribution in [3.63, 3.8) is 0 Å². The van der Waals surface area contributed by atoms with Gasteiger partial charge in [-0.1, -0.05) is 6.07 Å². The van der Waals surface area contributed by atoms with Crippen LogP contribution in [0.5, 0.6) is 11.5 Å². The molecule has 17 heavy (non-hydrogen) atoms. The van der Waals surface area contributed by atoms with Gasteiger partial charge in [-0.25, -0.2) is 4.79 Å². The Morgan fingerprint density at radius 3 is 2.65 bits per heavy atom. The summed E-state index contributed by atoms with van der Waals surface area (Å²) in [5, 5.41) is 10.5. The van der Waals surface area contributed by atoms with Gasteiger partial charge in [0, 0.05) is 5.39 Å². The number of aromatic carboxylic acids is 1. The number of rotatable bonds is 1. The van der Waals surface area contributed by atoms with E-state index in [1.807, 2.05) is 0 Å². The third kappa shape index (κ3) is 1.36.